The van der Waals surface area contributed by atoms with Crippen LogP contribution in [-0.4, -0.2) is 23.2 Å². The predicted molar refractivity (Wildman–Crippen MR) is 34.5 cm³/mol. The predicted octanol–water partition coefficient (Wildman–Crippen LogP) is 0.146. The summed E-state index contributed by atoms with van der Waals surface area (Å²) in [6, 6.07) is 0. The molecule has 1 atom stereocenters. The third-order valence-corrected chi connectivity index (χ3v) is 1.79. The smallest absolute Gasteiger partial charge is 0.230 e. The molecule has 1 aromatic heterocycles. The molecule has 4 heteroatoms. The maximum absolute atomic E-state index is 4.92. The zero-order chi connectivity index (χ0) is 6.81. The lowest BCUT2D eigenvalue weighted by Gasteiger charge is -1.97. The van der Waals surface area contributed by atoms with Crippen LogP contribution in [0.3, 0.4) is 0 Å². The largest absolute Gasteiger partial charge is 0.339 e. The third-order valence-electron chi connectivity index (χ3n) is 1.79. The minimum absolute atomic E-state index is 0.447. The van der Waals surface area contributed by atoms with Crippen molar-refractivity contribution in [1.29, 1.82) is 0 Å². The molecule has 1 aromatic rings. The summed E-state index contributed by atoms with van der Waals surface area (Å²) in [6.45, 7) is 2.04. The van der Waals surface area contributed by atoms with Crippen molar-refractivity contribution in [2.45, 2.75) is 12.3 Å². The molecule has 1 N–H and O–H groups in total. The van der Waals surface area contributed by atoms with Crippen LogP contribution in [-0.2, 0) is 0 Å². The van der Waals surface area contributed by atoms with Crippen molar-refractivity contribution in [2.24, 2.45) is 0 Å². The van der Waals surface area contributed by atoms with Crippen LogP contribution in [0.1, 0.15) is 18.2 Å². The van der Waals surface area contributed by atoms with Crippen molar-refractivity contribution in [3.63, 3.8) is 0 Å². The van der Waals surface area contributed by atoms with Crippen molar-refractivity contribution < 1.29 is 4.52 Å². The Hall–Kier alpha value is -0.900. The zero-order valence-electron chi connectivity index (χ0n) is 5.58. The Kier molecular flexibility index (Phi) is 1.39. The van der Waals surface area contributed by atoms with Gasteiger partial charge in [-0.25, -0.2) is 0 Å². The van der Waals surface area contributed by atoms with E-state index in [1.807, 2.05) is 0 Å². The molecule has 2 heterocycles. The van der Waals surface area contributed by atoms with Crippen molar-refractivity contribution in [3.8, 4) is 0 Å². The van der Waals surface area contributed by atoms with Gasteiger partial charge >= 0.3 is 0 Å². The van der Waals surface area contributed by atoms with Crippen molar-refractivity contribution in [1.82, 2.24) is 15.5 Å². The summed E-state index contributed by atoms with van der Waals surface area (Å²) < 4.78 is 4.92. The van der Waals surface area contributed by atoms with Gasteiger partial charge in [-0.15, -0.1) is 0 Å². The highest BCUT2D eigenvalue weighted by Crippen LogP contribution is 2.18. The lowest BCUT2D eigenvalue weighted by molar-refractivity contribution is 0.358. The molecule has 0 radical (unpaired) electrons. The highest BCUT2D eigenvalue weighted by molar-refractivity contribution is 4.93. The van der Waals surface area contributed by atoms with Crippen molar-refractivity contribution >= 4 is 0 Å². The van der Waals surface area contributed by atoms with Crippen LogP contribution in [0.2, 0.25) is 0 Å². The Morgan fingerprint density at radius 1 is 1.70 bits per heavy atom. The molecule has 2 rings (SSSR count). The first kappa shape index (κ1) is 5.85. The molecule has 1 aliphatic rings. The van der Waals surface area contributed by atoms with E-state index in [0.29, 0.717) is 5.92 Å². The monoisotopic (exact) mass is 139 g/mol. The first-order valence-corrected chi connectivity index (χ1v) is 3.44. The van der Waals surface area contributed by atoms with E-state index in [1.165, 1.54) is 6.33 Å². The van der Waals surface area contributed by atoms with Gasteiger partial charge in [0.2, 0.25) is 5.89 Å². The third kappa shape index (κ3) is 0.903. The van der Waals surface area contributed by atoms with Crippen LogP contribution in [0.5, 0.6) is 0 Å². The molecule has 0 aromatic carbocycles. The van der Waals surface area contributed by atoms with Gasteiger partial charge in [-0.05, 0) is 13.0 Å². The van der Waals surface area contributed by atoms with Gasteiger partial charge in [-0.3, -0.25) is 0 Å². The fraction of sp³-hybridized carbons (Fsp3) is 0.667. The summed E-state index contributed by atoms with van der Waals surface area (Å²) in [4.78, 5) is 3.98. The van der Waals surface area contributed by atoms with E-state index in [-0.39, 0.29) is 0 Å². The molecule has 10 heavy (non-hydrogen) atoms. The molecule has 0 spiro atoms. The van der Waals surface area contributed by atoms with Gasteiger partial charge in [0.05, 0.1) is 5.92 Å². The molecule has 0 aliphatic carbocycles. The quantitative estimate of drug-likeness (QED) is 0.601. The highest BCUT2D eigenvalue weighted by atomic mass is 16.5. The Labute approximate surface area is 58.6 Å². The Balaban J connectivity index is 2.12. The van der Waals surface area contributed by atoms with Gasteiger partial charge in [0.25, 0.3) is 0 Å². The number of hydrogen-bond acceptors (Lipinski definition) is 4. The Morgan fingerprint density at radius 3 is 3.30 bits per heavy atom. The minimum atomic E-state index is 0.447. The first-order chi connectivity index (χ1) is 4.97. The van der Waals surface area contributed by atoms with Crippen LogP contribution in [0, 0.1) is 0 Å². The number of nitrogens with one attached hydrogen (secondary N) is 1. The normalized spacial score (nSPS) is 25.4. The average Bonchev–Trinajstić information content (AvgIpc) is 2.59. The number of nitrogens with zero attached hydrogens (tertiary/aromatic N) is 2. The fourth-order valence-electron chi connectivity index (χ4n) is 1.23. The molecule has 1 fully saturated rings. The second kappa shape index (κ2) is 2.38. The second-order valence-corrected chi connectivity index (χ2v) is 2.47. The van der Waals surface area contributed by atoms with Gasteiger partial charge in [-0.2, -0.15) is 4.98 Å². The fourth-order valence-corrected chi connectivity index (χ4v) is 1.23. The maximum atomic E-state index is 4.92. The first-order valence-electron chi connectivity index (χ1n) is 3.44. The van der Waals surface area contributed by atoms with Gasteiger partial charge < -0.3 is 9.84 Å². The van der Waals surface area contributed by atoms with E-state index in [4.69, 9.17) is 4.52 Å². The highest BCUT2D eigenvalue weighted by Gasteiger charge is 2.20. The second-order valence-electron chi connectivity index (χ2n) is 2.47. The lowest BCUT2D eigenvalue weighted by Crippen LogP contribution is -2.07. The topological polar surface area (TPSA) is 51.0 Å². The summed E-state index contributed by atoms with van der Waals surface area (Å²) in [7, 11) is 0. The summed E-state index contributed by atoms with van der Waals surface area (Å²) in [5.74, 6) is 1.22. The van der Waals surface area contributed by atoms with Crippen LogP contribution in [0.25, 0.3) is 0 Å². The molecule has 4 nitrogen and oxygen atoms in total. The van der Waals surface area contributed by atoms with Crippen LogP contribution in [0.15, 0.2) is 10.9 Å². The zero-order valence-corrected chi connectivity index (χ0v) is 5.58. The summed E-state index contributed by atoms with van der Waals surface area (Å²) in [6.07, 6.45) is 2.57. The van der Waals surface area contributed by atoms with E-state index in [2.05, 4.69) is 15.5 Å². The number of rotatable bonds is 1. The lowest BCUT2D eigenvalue weighted by atomic mass is 10.1. The molecular weight excluding hydrogens is 130 g/mol. The average molecular weight is 139 g/mol. The number of aromatic nitrogens is 2. The SMILES string of the molecule is c1noc(C2CCNC2)n1. The summed E-state index contributed by atoms with van der Waals surface area (Å²) in [5, 5.41) is 6.79. The molecule has 0 amide bonds. The summed E-state index contributed by atoms with van der Waals surface area (Å²) in [5.41, 5.74) is 0. The molecule has 54 valence electrons. The van der Waals surface area contributed by atoms with Gasteiger partial charge in [0.15, 0.2) is 6.33 Å². The molecular formula is C6H9N3O. The van der Waals surface area contributed by atoms with E-state index >= 15 is 0 Å². The summed E-state index contributed by atoms with van der Waals surface area (Å²) >= 11 is 0. The van der Waals surface area contributed by atoms with Gasteiger partial charge in [0.1, 0.15) is 0 Å². The van der Waals surface area contributed by atoms with Crippen LogP contribution in [0.4, 0.5) is 0 Å². The van der Waals surface area contributed by atoms with E-state index in [9.17, 15) is 0 Å². The molecule has 1 saturated heterocycles. The van der Waals surface area contributed by atoms with Crippen LogP contribution >= 0.6 is 0 Å². The van der Waals surface area contributed by atoms with Gasteiger partial charge in [-0.1, -0.05) is 5.16 Å². The maximum Gasteiger partial charge on any atom is 0.230 e. The van der Waals surface area contributed by atoms with Crippen molar-refractivity contribution in [3.05, 3.63) is 12.2 Å². The van der Waals surface area contributed by atoms with E-state index < -0.39 is 0 Å². The van der Waals surface area contributed by atoms with Crippen LogP contribution < -0.4 is 5.32 Å². The Bertz CT molecular complexity index is 191. The van der Waals surface area contributed by atoms with E-state index in [0.717, 1.165) is 25.4 Å². The van der Waals surface area contributed by atoms with Gasteiger partial charge in [0, 0.05) is 6.54 Å². The van der Waals surface area contributed by atoms with E-state index in [1.54, 1.807) is 0 Å². The number of hydrogen-bond donors (Lipinski definition) is 1. The molecule has 0 bridgehead atoms. The standard InChI is InChI=1S/C6H9N3O/c1-2-7-3-5(1)6-8-4-9-10-6/h4-5,7H,1-3H2. The van der Waals surface area contributed by atoms with Crippen molar-refractivity contribution in [2.75, 3.05) is 13.1 Å². The molecule has 0 saturated carbocycles. The molecule has 1 unspecified atom stereocenters. The minimum Gasteiger partial charge on any atom is -0.339 e. The Morgan fingerprint density at radius 2 is 2.70 bits per heavy atom. The molecule has 1 aliphatic heterocycles.